The molecule has 4 nitrogen and oxygen atoms in total. The van der Waals surface area contributed by atoms with Crippen molar-refractivity contribution >= 4 is 23.4 Å². The van der Waals surface area contributed by atoms with Crippen LogP contribution in [0.1, 0.15) is 31.9 Å². The van der Waals surface area contributed by atoms with Crippen molar-refractivity contribution in [3.05, 3.63) is 90.0 Å². The summed E-state index contributed by atoms with van der Waals surface area (Å²) in [7, 11) is 0. The Hall–Kier alpha value is -3.79. The van der Waals surface area contributed by atoms with Gasteiger partial charge in [0.1, 0.15) is 5.69 Å². The average Bonchev–Trinajstić information content (AvgIpc) is 3.27. The molecule has 1 aromatic heterocycles. The van der Waals surface area contributed by atoms with Crippen molar-refractivity contribution in [2.75, 3.05) is 5.32 Å². The fourth-order valence-electron chi connectivity index (χ4n) is 3.97. The Labute approximate surface area is 189 Å². The van der Waals surface area contributed by atoms with Gasteiger partial charge >= 0.3 is 0 Å². The summed E-state index contributed by atoms with van der Waals surface area (Å²) in [5.41, 5.74) is 8.78. The van der Waals surface area contributed by atoms with Crippen LogP contribution in [-0.2, 0) is 11.8 Å². The zero-order valence-corrected chi connectivity index (χ0v) is 18.6. The third-order valence-electron chi connectivity index (χ3n) is 5.80. The summed E-state index contributed by atoms with van der Waals surface area (Å²) in [6.45, 7) is 6.69. The number of nitrogens with zero attached hydrogens (tertiary/aromatic N) is 3. The highest BCUT2D eigenvalue weighted by Gasteiger charge is 2.16. The first-order chi connectivity index (χ1) is 15.5. The van der Waals surface area contributed by atoms with Gasteiger partial charge in [-0.1, -0.05) is 75.4 Å². The molecule has 2 heterocycles. The Morgan fingerprint density at radius 3 is 2.31 bits per heavy atom. The van der Waals surface area contributed by atoms with E-state index in [0.717, 1.165) is 46.0 Å². The summed E-state index contributed by atoms with van der Waals surface area (Å²) in [5, 5.41) is 12.6. The molecule has 0 bridgehead atoms. The van der Waals surface area contributed by atoms with E-state index in [1.54, 1.807) is 0 Å². The Balaban J connectivity index is 1.55. The van der Waals surface area contributed by atoms with E-state index in [0.29, 0.717) is 0 Å². The van der Waals surface area contributed by atoms with E-state index in [1.807, 2.05) is 36.5 Å². The summed E-state index contributed by atoms with van der Waals surface area (Å²) in [4.78, 5) is 4.39. The molecule has 0 atom stereocenters. The quantitative estimate of drug-likeness (QED) is 0.384. The molecule has 4 aromatic rings. The van der Waals surface area contributed by atoms with Gasteiger partial charge in [-0.2, -0.15) is 0 Å². The van der Waals surface area contributed by atoms with E-state index in [-0.39, 0.29) is 5.41 Å². The molecule has 0 amide bonds. The number of aliphatic imine (C=N–C) groups is 1. The molecule has 5 rings (SSSR count). The normalized spacial score (nSPS) is 12.6. The highest BCUT2D eigenvalue weighted by molar-refractivity contribution is 5.83. The molecule has 32 heavy (non-hydrogen) atoms. The SMILES string of the molecule is CC(C)(C)c1ccc(-c2cc(Nc3ccc4c(c3)CC=N4)nnc2-c2ccccc2)cc1. The molecule has 1 aliphatic heterocycles. The van der Waals surface area contributed by atoms with Gasteiger partial charge in [-0.15, -0.1) is 10.2 Å². The van der Waals surface area contributed by atoms with Gasteiger partial charge in [0.2, 0.25) is 0 Å². The van der Waals surface area contributed by atoms with Crippen LogP contribution in [0.3, 0.4) is 0 Å². The van der Waals surface area contributed by atoms with Crippen molar-refractivity contribution in [3.8, 4) is 22.4 Å². The van der Waals surface area contributed by atoms with Crippen LogP contribution in [0.15, 0.2) is 83.9 Å². The lowest BCUT2D eigenvalue weighted by atomic mass is 9.86. The van der Waals surface area contributed by atoms with Gasteiger partial charge in [0, 0.05) is 29.4 Å². The second-order valence-corrected chi connectivity index (χ2v) is 9.17. The van der Waals surface area contributed by atoms with Crippen molar-refractivity contribution in [2.24, 2.45) is 4.99 Å². The maximum atomic E-state index is 4.63. The van der Waals surface area contributed by atoms with Crippen molar-refractivity contribution in [1.82, 2.24) is 10.2 Å². The third-order valence-corrected chi connectivity index (χ3v) is 5.80. The Bertz CT molecular complexity index is 1280. The maximum absolute atomic E-state index is 4.63. The summed E-state index contributed by atoms with van der Waals surface area (Å²) in [6, 6.07) is 27.3. The molecule has 1 N–H and O–H groups in total. The number of hydrogen-bond acceptors (Lipinski definition) is 4. The first kappa shape index (κ1) is 20.1. The zero-order valence-electron chi connectivity index (χ0n) is 18.6. The van der Waals surface area contributed by atoms with Gasteiger partial charge in [0.15, 0.2) is 5.82 Å². The number of aromatic nitrogens is 2. The fourth-order valence-corrected chi connectivity index (χ4v) is 3.97. The zero-order chi connectivity index (χ0) is 22.1. The van der Waals surface area contributed by atoms with E-state index in [9.17, 15) is 0 Å². The fraction of sp³-hybridized carbons (Fsp3) is 0.179. The van der Waals surface area contributed by atoms with Crippen LogP contribution in [0.4, 0.5) is 17.2 Å². The minimum absolute atomic E-state index is 0.112. The molecular weight excluding hydrogens is 392 g/mol. The van der Waals surface area contributed by atoms with E-state index in [2.05, 4.69) is 89.8 Å². The predicted molar refractivity (Wildman–Crippen MR) is 133 cm³/mol. The van der Waals surface area contributed by atoms with Crippen molar-refractivity contribution in [2.45, 2.75) is 32.6 Å². The van der Waals surface area contributed by atoms with Crippen LogP contribution < -0.4 is 5.32 Å². The van der Waals surface area contributed by atoms with Gasteiger partial charge < -0.3 is 5.32 Å². The molecule has 0 fully saturated rings. The van der Waals surface area contributed by atoms with Crippen LogP contribution >= 0.6 is 0 Å². The number of benzene rings is 3. The molecule has 158 valence electrons. The highest BCUT2D eigenvalue weighted by Crippen LogP contribution is 2.34. The summed E-state index contributed by atoms with van der Waals surface area (Å²) in [5.74, 6) is 0.721. The lowest BCUT2D eigenvalue weighted by Crippen LogP contribution is -2.10. The lowest BCUT2D eigenvalue weighted by molar-refractivity contribution is 0.590. The number of fused-ring (bicyclic) bond motifs is 1. The first-order valence-corrected chi connectivity index (χ1v) is 10.9. The summed E-state index contributed by atoms with van der Waals surface area (Å²) in [6.07, 6.45) is 2.82. The minimum atomic E-state index is 0.112. The van der Waals surface area contributed by atoms with Crippen LogP contribution in [0, 0.1) is 0 Å². The topological polar surface area (TPSA) is 50.2 Å². The summed E-state index contributed by atoms with van der Waals surface area (Å²) < 4.78 is 0. The number of anilines is 2. The molecule has 4 heteroatoms. The smallest absolute Gasteiger partial charge is 0.153 e. The van der Waals surface area contributed by atoms with Crippen LogP contribution in [0.2, 0.25) is 0 Å². The second-order valence-electron chi connectivity index (χ2n) is 9.17. The number of nitrogens with one attached hydrogen (secondary N) is 1. The van der Waals surface area contributed by atoms with Crippen molar-refractivity contribution in [1.29, 1.82) is 0 Å². The van der Waals surface area contributed by atoms with Gasteiger partial charge in [-0.25, -0.2) is 0 Å². The number of hydrogen-bond donors (Lipinski definition) is 1. The summed E-state index contributed by atoms with van der Waals surface area (Å²) >= 11 is 0. The van der Waals surface area contributed by atoms with Crippen LogP contribution in [-0.4, -0.2) is 16.4 Å². The Kier molecular flexibility index (Phi) is 5.06. The minimum Gasteiger partial charge on any atom is -0.339 e. The molecule has 3 aromatic carbocycles. The van der Waals surface area contributed by atoms with Gasteiger partial charge in [-0.3, -0.25) is 4.99 Å². The van der Waals surface area contributed by atoms with E-state index < -0.39 is 0 Å². The standard InChI is InChI=1S/C28H26N4/c1-28(2,3)22-11-9-19(10-12-22)24-18-26(31-32-27(24)20-7-5-4-6-8-20)30-23-13-14-25-21(17-23)15-16-29-25/h4-14,16-18H,15H2,1-3H3,(H,30,31). The molecule has 0 unspecified atom stereocenters. The molecule has 0 saturated carbocycles. The molecule has 0 aliphatic carbocycles. The molecule has 0 radical (unpaired) electrons. The molecular formula is C28H26N4. The number of rotatable bonds is 4. The van der Waals surface area contributed by atoms with Gasteiger partial charge in [-0.05, 0) is 46.4 Å². The largest absolute Gasteiger partial charge is 0.339 e. The third kappa shape index (κ3) is 4.04. The Morgan fingerprint density at radius 1 is 0.781 bits per heavy atom. The van der Waals surface area contributed by atoms with Crippen molar-refractivity contribution < 1.29 is 0 Å². The Morgan fingerprint density at radius 2 is 1.56 bits per heavy atom. The second kappa shape index (κ2) is 8.04. The maximum Gasteiger partial charge on any atom is 0.153 e. The monoisotopic (exact) mass is 418 g/mol. The highest BCUT2D eigenvalue weighted by atomic mass is 15.2. The van der Waals surface area contributed by atoms with Gasteiger partial charge in [0.05, 0.1) is 5.69 Å². The van der Waals surface area contributed by atoms with Crippen LogP contribution in [0.5, 0.6) is 0 Å². The van der Waals surface area contributed by atoms with E-state index in [4.69, 9.17) is 0 Å². The molecule has 0 spiro atoms. The van der Waals surface area contributed by atoms with E-state index in [1.165, 1.54) is 11.1 Å². The average molecular weight is 419 g/mol. The molecule has 0 saturated heterocycles. The van der Waals surface area contributed by atoms with Gasteiger partial charge in [0.25, 0.3) is 0 Å². The lowest BCUT2D eigenvalue weighted by Gasteiger charge is -2.19. The molecule has 1 aliphatic rings. The predicted octanol–water partition coefficient (Wildman–Crippen LogP) is 7.11. The first-order valence-electron chi connectivity index (χ1n) is 10.9. The van der Waals surface area contributed by atoms with E-state index >= 15 is 0 Å². The van der Waals surface area contributed by atoms with Crippen molar-refractivity contribution in [3.63, 3.8) is 0 Å². The van der Waals surface area contributed by atoms with Crippen LogP contribution in [0.25, 0.3) is 22.4 Å².